The van der Waals surface area contributed by atoms with Gasteiger partial charge >= 0.3 is 17.9 Å². The zero-order chi connectivity index (χ0) is 39.0. The van der Waals surface area contributed by atoms with Crippen LogP contribution in [0, 0.1) is 0 Å². The summed E-state index contributed by atoms with van der Waals surface area (Å²) in [6.45, 7) is 2.23. The Bertz CT molecular complexity index is 2540. The Hall–Kier alpha value is -5.19. The van der Waals surface area contributed by atoms with Gasteiger partial charge < -0.3 is 20.7 Å². The number of benzene rings is 2. The van der Waals surface area contributed by atoms with Gasteiger partial charge in [0.25, 0.3) is 5.56 Å². The number of carbonyl (C=O) groups is 1. The molecule has 0 radical (unpaired) electrons. The highest BCUT2D eigenvalue weighted by atomic mass is 35.5. The number of amides is 2. The van der Waals surface area contributed by atoms with Crippen LogP contribution in [0.1, 0.15) is 42.3 Å². The van der Waals surface area contributed by atoms with E-state index < -0.39 is 34.7 Å². The molecule has 13 nitrogen and oxygen atoms in total. The highest BCUT2D eigenvalue weighted by Gasteiger charge is 2.45. The monoisotopic (exact) mass is 795 g/mol. The third kappa shape index (κ3) is 6.25. The molecule has 0 bridgehead atoms. The number of ether oxygens (including phenoxy) is 1. The lowest BCUT2D eigenvalue weighted by Gasteiger charge is -2.36. The number of hydrogen-bond acceptors (Lipinski definition) is 9. The first-order valence-corrected chi connectivity index (χ1v) is 18.2. The number of urea groups is 1. The average Bonchev–Trinajstić information content (AvgIpc) is 3.77. The van der Waals surface area contributed by atoms with Gasteiger partial charge in [-0.05, 0) is 43.4 Å². The normalized spacial score (nSPS) is 19.8. The number of aromatic nitrogens is 5. The van der Waals surface area contributed by atoms with E-state index in [1.54, 1.807) is 31.4 Å². The number of likely N-dealkylation sites (tertiary alicyclic amines) is 1. The van der Waals surface area contributed by atoms with E-state index in [1.807, 2.05) is 12.1 Å². The van der Waals surface area contributed by atoms with E-state index in [-0.39, 0.29) is 33.7 Å². The molecule has 1 spiro atoms. The number of halogens is 5. The number of anilines is 2. The van der Waals surface area contributed by atoms with Crippen molar-refractivity contribution in [3.63, 3.8) is 0 Å². The molecule has 2 amide bonds. The van der Waals surface area contributed by atoms with Gasteiger partial charge in [-0.25, -0.2) is 24.5 Å². The molecule has 55 heavy (non-hydrogen) atoms. The van der Waals surface area contributed by atoms with Crippen molar-refractivity contribution in [1.82, 2.24) is 39.6 Å². The van der Waals surface area contributed by atoms with Crippen molar-refractivity contribution >= 4 is 51.8 Å². The molecule has 3 aromatic heterocycles. The molecule has 2 atom stereocenters. The van der Waals surface area contributed by atoms with Crippen molar-refractivity contribution in [1.29, 1.82) is 0 Å². The highest BCUT2D eigenvalue weighted by molar-refractivity contribution is 6.39. The number of nitrogens with one attached hydrogen (secondary N) is 3. The second kappa shape index (κ2) is 13.5. The average molecular weight is 797 g/mol. The third-order valence-corrected chi connectivity index (χ3v) is 11.6. The van der Waals surface area contributed by atoms with Crippen molar-refractivity contribution in [3.8, 4) is 28.3 Å². The Morgan fingerprint density at radius 1 is 0.964 bits per heavy atom. The van der Waals surface area contributed by atoms with Crippen LogP contribution in [-0.4, -0.2) is 67.3 Å². The number of pyridine rings is 1. The quantitative estimate of drug-likeness (QED) is 0.189. The summed E-state index contributed by atoms with van der Waals surface area (Å²) in [5.41, 5.74) is 1.90. The molecule has 3 N–H and O–H groups in total. The van der Waals surface area contributed by atoms with Crippen LogP contribution >= 0.6 is 23.2 Å². The van der Waals surface area contributed by atoms with Crippen LogP contribution in [0.4, 0.5) is 29.5 Å². The van der Waals surface area contributed by atoms with Crippen LogP contribution in [-0.2, 0) is 26.7 Å². The Morgan fingerprint density at radius 3 is 2.42 bits per heavy atom. The van der Waals surface area contributed by atoms with Crippen LogP contribution in [0.25, 0.3) is 33.4 Å². The van der Waals surface area contributed by atoms with Crippen molar-refractivity contribution < 1.29 is 22.7 Å². The van der Waals surface area contributed by atoms with Gasteiger partial charge in [0, 0.05) is 62.0 Å². The number of rotatable bonds is 6. The molecule has 2 aliphatic heterocycles. The SMILES string of the molecule is COc1nc(-c2cccc(-c3cccc(Nc4nc(C(F)(F)F)nc5c4c(=O)n(C)c(=O)n5C)c3Cl)c2Cl)cc2c1[C@@H](N1CC[C@@]3(CCNC(=O)N3)C1)CC2. The van der Waals surface area contributed by atoms with Crippen LogP contribution in [0.3, 0.4) is 0 Å². The maximum atomic E-state index is 13.9. The lowest BCUT2D eigenvalue weighted by atomic mass is 9.93. The number of nitrogens with zero attached hydrogens (tertiary/aromatic N) is 6. The number of carbonyl (C=O) groups excluding carboxylic acids is 1. The largest absolute Gasteiger partial charge is 0.481 e. The number of alkyl halides is 3. The van der Waals surface area contributed by atoms with Gasteiger partial charge in [0.1, 0.15) is 11.2 Å². The molecule has 5 aromatic rings. The van der Waals surface area contributed by atoms with E-state index in [1.165, 1.54) is 20.2 Å². The Balaban J connectivity index is 1.15. The molecule has 18 heteroatoms. The smallest absolute Gasteiger partial charge is 0.451 e. The predicted octanol–water partition coefficient (Wildman–Crippen LogP) is 5.97. The lowest BCUT2D eigenvalue weighted by molar-refractivity contribution is -0.144. The summed E-state index contributed by atoms with van der Waals surface area (Å²) in [6.07, 6.45) is -1.59. The molecule has 2 fully saturated rings. The van der Waals surface area contributed by atoms with Crippen LogP contribution in [0.5, 0.6) is 5.88 Å². The zero-order valence-corrected chi connectivity index (χ0v) is 31.3. The second-order valence-corrected chi connectivity index (χ2v) is 14.8. The fraction of sp³-hybridized carbons (Fsp3) is 0.351. The molecule has 0 unspecified atom stereocenters. The Labute approximate surface area is 321 Å². The highest BCUT2D eigenvalue weighted by Crippen LogP contribution is 2.47. The van der Waals surface area contributed by atoms with Gasteiger partial charge in [0.15, 0.2) is 5.65 Å². The Kier molecular flexibility index (Phi) is 9.04. The van der Waals surface area contributed by atoms with E-state index in [0.717, 1.165) is 59.0 Å². The molecule has 1 aliphatic carbocycles. The van der Waals surface area contributed by atoms with Crippen molar-refractivity contribution in [2.24, 2.45) is 14.1 Å². The molecular formula is C37H34Cl2F3N9O4. The minimum absolute atomic E-state index is 0.0813. The van der Waals surface area contributed by atoms with Crippen LogP contribution in [0.2, 0.25) is 10.0 Å². The van der Waals surface area contributed by atoms with Gasteiger partial charge in [-0.1, -0.05) is 53.5 Å². The fourth-order valence-corrected chi connectivity index (χ4v) is 8.66. The predicted molar refractivity (Wildman–Crippen MR) is 201 cm³/mol. The molecule has 2 saturated heterocycles. The minimum atomic E-state index is -4.99. The van der Waals surface area contributed by atoms with Gasteiger partial charge in [-0.3, -0.25) is 18.8 Å². The summed E-state index contributed by atoms with van der Waals surface area (Å²) < 4.78 is 49.3. The molecule has 8 rings (SSSR count). The molecule has 2 aromatic carbocycles. The van der Waals surface area contributed by atoms with Crippen LogP contribution < -0.4 is 31.9 Å². The fourth-order valence-electron chi connectivity index (χ4n) is 8.06. The van der Waals surface area contributed by atoms with E-state index in [9.17, 15) is 27.6 Å². The molecule has 5 heterocycles. The van der Waals surface area contributed by atoms with Gasteiger partial charge in [0.05, 0.1) is 34.1 Å². The van der Waals surface area contributed by atoms with Crippen molar-refractivity contribution in [2.75, 3.05) is 32.1 Å². The standard InChI is InChI=1S/C37H34Cl2F3N9O4/c1-49-30-26(32(52)50(2)35(49)54)29(46-33(47-30)37(40,41)42)44-22-9-5-7-20(28(22)39)19-6-4-8-21(27(19)38)23-16-18-10-11-24(25(18)31(45-23)55-3)51-15-13-36(17-51)12-14-43-34(53)48-36/h4-9,16,24H,10-15,17H2,1-3H3,(H2,43,48,53)(H,44,46,47)/t24-,36-/m0/s1. The maximum absolute atomic E-state index is 13.9. The first-order valence-electron chi connectivity index (χ1n) is 17.5. The van der Waals surface area contributed by atoms with E-state index in [4.69, 9.17) is 32.9 Å². The molecule has 286 valence electrons. The molecule has 0 saturated carbocycles. The lowest BCUT2D eigenvalue weighted by Crippen LogP contribution is -2.59. The van der Waals surface area contributed by atoms with Crippen molar-refractivity contribution in [2.45, 2.75) is 43.4 Å². The summed E-state index contributed by atoms with van der Waals surface area (Å²) in [7, 11) is 4.01. The first kappa shape index (κ1) is 36.8. The number of fused-ring (bicyclic) bond motifs is 2. The number of methoxy groups -OCH3 is 1. The van der Waals surface area contributed by atoms with E-state index in [2.05, 4.69) is 30.8 Å². The van der Waals surface area contributed by atoms with Gasteiger partial charge in [-0.2, -0.15) is 13.2 Å². The summed E-state index contributed by atoms with van der Waals surface area (Å²) >= 11 is 14.1. The summed E-state index contributed by atoms with van der Waals surface area (Å²) in [4.78, 5) is 52.4. The zero-order valence-electron chi connectivity index (χ0n) is 29.8. The topological polar surface area (TPSA) is 148 Å². The van der Waals surface area contributed by atoms with Gasteiger partial charge in [-0.15, -0.1) is 0 Å². The third-order valence-electron chi connectivity index (χ3n) is 10.8. The summed E-state index contributed by atoms with van der Waals surface area (Å²) in [6, 6.07) is 12.2. The molecule has 3 aliphatic rings. The summed E-state index contributed by atoms with van der Waals surface area (Å²) in [5.74, 6) is -1.53. The minimum Gasteiger partial charge on any atom is -0.481 e. The Morgan fingerprint density at radius 2 is 1.69 bits per heavy atom. The van der Waals surface area contributed by atoms with Gasteiger partial charge in [0.2, 0.25) is 11.7 Å². The van der Waals surface area contributed by atoms with Crippen molar-refractivity contribution in [3.05, 3.63) is 90.3 Å². The number of hydrogen-bond donors (Lipinski definition) is 3. The summed E-state index contributed by atoms with van der Waals surface area (Å²) in [5, 5.41) is 8.88. The maximum Gasteiger partial charge on any atom is 0.451 e. The first-order chi connectivity index (χ1) is 26.2. The number of aryl methyl sites for hydroxylation is 2. The molecular weight excluding hydrogens is 762 g/mol. The van der Waals surface area contributed by atoms with Crippen LogP contribution in [0.15, 0.2) is 52.1 Å². The second-order valence-electron chi connectivity index (χ2n) is 14.0. The van der Waals surface area contributed by atoms with E-state index in [0.29, 0.717) is 39.8 Å². The van der Waals surface area contributed by atoms with E-state index >= 15 is 0 Å².